The molecule has 0 radical (unpaired) electrons. The molecule has 1 saturated carbocycles. The lowest BCUT2D eigenvalue weighted by Crippen LogP contribution is -2.06. The summed E-state index contributed by atoms with van der Waals surface area (Å²) in [5, 5.41) is 0. The molecule has 0 N–H and O–H groups in total. The Hall–Kier alpha value is -1.87. The van der Waals surface area contributed by atoms with Crippen molar-refractivity contribution in [1.82, 2.24) is 0 Å². The Bertz CT molecular complexity index is 532. The minimum absolute atomic E-state index is 0.382. The Kier molecular flexibility index (Phi) is 3.58. The van der Waals surface area contributed by atoms with Crippen LogP contribution in [0.25, 0.3) is 0 Å². The third kappa shape index (κ3) is 2.34. The largest absolute Gasteiger partial charge is 0.493 e. The molecule has 0 saturated heterocycles. The molecule has 1 unspecified atom stereocenters. The average Bonchev–Trinajstić information content (AvgIpc) is 3.18. The first-order valence-corrected chi connectivity index (χ1v) is 6.07. The van der Waals surface area contributed by atoms with E-state index in [0.717, 1.165) is 18.4 Å². The molecule has 0 heterocycles. The molecule has 0 aliphatic heterocycles. The van der Waals surface area contributed by atoms with E-state index >= 15 is 0 Å². The van der Waals surface area contributed by atoms with Gasteiger partial charge in [0.25, 0.3) is 0 Å². The molecule has 0 amide bonds. The molecule has 1 fully saturated rings. The van der Waals surface area contributed by atoms with Crippen LogP contribution in [0.15, 0.2) is 17.1 Å². The van der Waals surface area contributed by atoms with E-state index in [2.05, 4.69) is 4.99 Å². The first-order valence-electron chi connectivity index (χ1n) is 6.07. The number of carbonyl (C=O) groups excluding carboxylic acids is 1. The van der Waals surface area contributed by atoms with E-state index in [1.807, 2.05) is 0 Å². The van der Waals surface area contributed by atoms with Gasteiger partial charge in [0.2, 0.25) is 6.08 Å². The maximum Gasteiger partial charge on any atom is 0.235 e. The molecular weight excluding hydrogens is 249 g/mol. The minimum Gasteiger partial charge on any atom is -0.493 e. The van der Waals surface area contributed by atoms with Crippen molar-refractivity contribution in [2.45, 2.75) is 31.5 Å². The molecule has 5 heteroatoms. The normalized spacial score (nSPS) is 17.3. The number of isocyanates is 1. The molecule has 1 atom stereocenters. The predicted molar refractivity (Wildman–Crippen MR) is 68.1 cm³/mol. The van der Waals surface area contributed by atoms with Gasteiger partial charge in [-0.1, -0.05) is 0 Å². The van der Waals surface area contributed by atoms with Gasteiger partial charge in [-0.25, -0.2) is 9.18 Å². The van der Waals surface area contributed by atoms with Crippen molar-refractivity contribution in [2.75, 3.05) is 14.2 Å². The molecule has 1 aliphatic rings. The molecule has 0 aromatic heterocycles. The van der Waals surface area contributed by atoms with Crippen LogP contribution in [-0.2, 0) is 10.3 Å². The van der Waals surface area contributed by atoms with E-state index in [-0.39, 0.29) is 0 Å². The summed E-state index contributed by atoms with van der Waals surface area (Å²) in [7, 11) is 2.97. The second-order valence-corrected chi connectivity index (χ2v) is 4.65. The topological polar surface area (TPSA) is 47.9 Å². The van der Waals surface area contributed by atoms with Crippen molar-refractivity contribution in [3.63, 3.8) is 0 Å². The standard InChI is InChI=1S/C14H16FNO3/c1-9(15)11-6-10(14(4-5-14)16-8-17)7-12(18-2)13(11)19-3/h6-7,9H,4-5H2,1-3H3. The van der Waals surface area contributed by atoms with Crippen LogP contribution in [0.2, 0.25) is 0 Å². The van der Waals surface area contributed by atoms with Gasteiger partial charge in [-0.15, -0.1) is 0 Å². The first-order chi connectivity index (χ1) is 9.07. The Morgan fingerprint density at radius 1 is 1.37 bits per heavy atom. The van der Waals surface area contributed by atoms with Gasteiger partial charge in [-0.3, -0.25) is 0 Å². The summed E-state index contributed by atoms with van der Waals surface area (Å²) in [6, 6.07) is 3.44. The zero-order chi connectivity index (χ0) is 14.0. The fourth-order valence-electron chi connectivity index (χ4n) is 2.23. The molecule has 19 heavy (non-hydrogen) atoms. The summed E-state index contributed by atoms with van der Waals surface area (Å²) < 4.78 is 24.2. The van der Waals surface area contributed by atoms with Crippen LogP contribution < -0.4 is 9.47 Å². The van der Waals surface area contributed by atoms with Gasteiger partial charge in [0, 0.05) is 5.56 Å². The highest BCUT2D eigenvalue weighted by atomic mass is 19.1. The number of hydrogen-bond donors (Lipinski definition) is 0. The van der Waals surface area contributed by atoms with Crippen molar-refractivity contribution in [1.29, 1.82) is 0 Å². The molecular formula is C14H16FNO3. The van der Waals surface area contributed by atoms with Crippen LogP contribution in [0.4, 0.5) is 4.39 Å². The minimum atomic E-state index is -1.19. The summed E-state index contributed by atoms with van der Waals surface area (Å²) in [5.74, 6) is 0.832. The van der Waals surface area contributed by atoms with E-state index < -0.39 is 11.7 Å². The molecule has 1 aromatic rings. The van der Waals surface area contributed by atoms with Crippen molar-refractivity contribution in [3.05, 3.63) is 23.3 Å². The van der Waals surface area contributed by atoms with Crippen molar-refractivity contribution < 1.29 is 18.7 Å². The second-order valence-electron chi connectivity index (χ2n) is 4.65. The number of rotatable bonds is 5. The summed E-state index contributed by atoms with van der Waals surface area (Å²) in [4.78, 5) is 14.4. The second kappa shape index (κ2) is 5.02. The smallest absolute Gasteiger partial charge is 0.235 e. The van der Waals surface area contributed by atoms with E-state index in [1.54, 1.807) is 18.2 Å². The van der Waals surface area contributed by atoms with Crippen molar-refractivity contribution >= 4 is 6.08 Å². The molecule has 1 aliphatic carbocycles. The fourth-order valence-corrected chi connectivity index (χ4v) is 2.23. The fraction of sp³-hybridized carbons (Fsp3) is 0.500. The molecule has 0 spiro atoms. The van der Waals surface area contributed by atoms with E-state index in [1.165, 1.54) is 21.1 Å². The Morgan fingerprint density at radius 3 is 2.47 bits per heavy atom. The Balaban J connectivity index is 2.58. The van der Waals surface area contributed by atoms with Gasteiger partial charge < -0.3 is 9.47 Å². The zero-order valence-corrected chi connectivity index (χ0v) is 11.2. The molecule has 1 aromatic carbocycles. The summed E-state index contributed by atoms with van der Waals surface area (Å²) >= 11 is 0. The third-order valence-electron chi connectivity index (χ3n) is 3.46. The maximum atomic E-state index is 13.7. The van der Waals surface area contributed by atoms with E-state index in [4.69, 9.17) is 9.47 Å². The van der Waals surface area contributed by atoms with E-state index in [0.29, 0.717) is 17.1 Å². The summed E-state index contributed by atoms with van der Waals surface area (Å²) in [6.07, 6.45) is 1.92. The third-order valence-corrected chi connectivity index (χ3v) is 3.46. The van der Waals surface area contributed by atoms with Crippen LogP contribution in [0, 0.1) is 0 Å². The first kappa shape index (κ1) is 13.6. The lowest BCUT2D eigenvalue weighted by Gasteiger charge is -2.18. The number of aliphatic imine (C=N–C) groups is 1. The van der Waals surface area contributed by atoms with Gasteiger partial charge in [-0.2, -0.15) is 4.99 Å². The lowest BCUT2D eigenvalue weighted by molar-refractivity contribution is 0.323. The number of benzene rings is 1. The summed E-state index contributed by atoms with van der Waals surface area (Å²) in [6.45, 7) is 1.43. The van der Waals surface area contributed by atoms with E-state index in [9.17, 15) is 9.18 Å². The van der Waals surface area contributed by atoms with Gasteiger partial charge in [0.05, 0.1) is 19.8 Å². The highest BCUT2D eigenvalue weighted by molar-refractivity contribution is 5.54. The van der Waals surface area contributed by atoms with Gasteiger partial charge in [0.15, 0.2) is 11.5 Å². The van der Waals surface area contributed by atoms with Crippen LogP contribution >= 0.6 is 0 Å². The number of hydrogen-bond acceptors (Lipinski definition) is 4. The molecule has 102 valence electrons. The van der Waals surface area contributed by atoms with Crippen LogP contribution in [0.3, 0.4) is 0 Å². The van der Waals surface area contributed by atoms with Crippen molar-refractivity contribution in [3.8, 4) is 11.5 Å². The monoisotopic (exact) mass is 265 g/mol. The molecule has 4 nitrogen and oxygen atoms in total. The molecule has 0 bridgehead atoms. The number of ether oxygens (including phenoxy) is 2. The number of methoxy groups -OCH3 is 2. The van der Waals surface area contributed by atoms with Gasteiger partial charge in [0.1, 0.15) is 6.17 Å². The highest BCUT2D eigenvalue weighted by Crippen LogP contribution is 2.52. The quantitative estimate of drug-likeness (QED) is 0.607. The zero-order valence-electron chi connectivity index (χ0n) is 11.2. The SMILES string of the molecule is COc1cc(C2(N=C=O)CC2)cc(C(C)F)c1OC. The van der Waals surface area contributed by atoms with Crippen LogP contribution in [0.5, 0.6) is 11.5 Å². The Morgan fingerprint density at radius 2 is 2.05 bits per heavy atom. The van der Waals surface area contributed by atoms with Gasteiger partial charge >= 0.3 is 0 Å². The van der Waals surface area contributed by atoms with Gasteiger partial charge in [-0.05, 0) is 37.5 Å². The number of alkyl halides is 1. The summed E-state index contributed by atoms with van der Waals surface area (Å²) in [5.41, 5.74) is 0.627. The lowest BCUT2D eigenvalue weighted by atomic mass is 9.99. The number of halogens is 1. The number of nitrogens with zero attached hydrogens (tertiary/aromatic N) is 1. The maximum absolute atomic E-state index is 13.7. The Labute approximate surface area is 111 Å². The highest BCUT2D eigenvalue weighted by Gasteiger charge is 2.45. The van der Waals surface area contributed by atoms with Crippen LogP contribution in [-0.4, -0.2) is 20.3 Å². The molecule has 2 rings (SSSR count). The van der Waals surface area contributed by atoms with Crippen LogP contribution in [0.1, 0.15) is 37.1 Å². The van der Waals surface area contributed by atoms with Crippen molar-refractivity contribution in [2.24, 2.45) is 4.99 Å². The predicted octanol–water partition coefficient (Wildman–Crippen LogP) is 3.06. The average molecular weight is 265 g/mol.